The van der Waals surface area contributed by atoms with Crippen molar-refractivity contribution in [3.63, 3.8) is 0 Å². The van der Waals surface area contributed by atoms with E-state index in [1.165, 1.54) is 6.92 Å². The smallest absolute Gasteiger partial charge is 0.245 e. The third-order valence-electron chi connectivity index (χ3n) is 12.8. The monoisotopic (exact) mass is 1130 g/mol. The largest absolute Gasteiger partial charge is 0.394 e. The van der Waals surface area contributed by atoms with Crippen molar-refractivity contribution in [1.29, 1.82) is 0 Å². The zero-order valence-electron chi connectivity index (χ0n) is 46.9. The number of rotatable bonds is 28. The molecule has 1 aliphatic rings. The Hall–Kier alpha value is -6.11. The second kappa shape index (κ2) is 38.5. The molecule has 11 amide bonds. The van der Waals surface area contributed by atoms with Crippen molar-refractivity contribution < 1.29 is 63.0 Å². The van der Waals surface area contributed by atoms with E-state index in [1.807, 2.05) is 0 Å². The Balaban J connectivity index is 3.76. The molecule has 11 atom stereocenters. The van der Waals surface area contributed by atoms with Crippen LogP contribution in [0, 0.1) is 11.8 Å². The summed E-state index contributed by atoms with van der Waals surface area (Å²) in [4.78, 5) is 151. The molecule has 1 saturated heterocycles. The lowest BCUT2D eigenvalue weighted by Gasteiger charge is -2.29. The molecule has 0 bridgehead atoms. The van der Waals surface area contributed by atoms with Gasteiger partial charge in [0.05, 0.1) is 12.7 Å². The molecule has 1 fully saturated rings. The van der Waals surface area contributed by atoms with E-state index < -0.39 is 157 Å². The first kappa shape index (κ1) is 70.9. The number of hydrogen-bond acceptors (Lipinski definition) is 18. The summed E-state index contributed by atoms with van der Waals surface area (Å²) in [5.41, 5.74) is 29.1. The van der Waals surface area contributed by atoms with Crippen LogP contribution < -0.4 is 87.2 Å². The van der Waals surface area contributed by atoms with E-state index in [0.29, 0.717) is 6.42 Å². The van der Waals surface area contributed by atoms with Gasteiger partial charge in [-0.25, -0.2) is 0 Å². The summed E-state index contributed by atoms with van der Waals surface area (Å²) in [7, 11) is 0. The normalized spacial score (nSPS) is 23.0. The number of aliphatic hydroxyl groups is 2. The number of nitrogens with one attached hydrogen (secondary N) is 11. The highest BCUT2D eigenvalue weighted by molar-refractivity contribution is 5.99. The predicted octanol–water partition coefficient (Wildman–Crippen LogP) is -6.47. The molecule has 0 unspecified atom stereocenters. The van der Waals surface area contributed by atoms with Crippen molar-refractivity contribution in [3.05, 3.63) is 0 Å². The third kappa shape index (κ3) is 26.1. The molecule has 0 spiro atoms. The summed E-state index contributed by atoms with van der Waals surface area (Å²) in [5.74, 6) is -10.4. The van der Waals surface area contributed by atoms with Crippen LogP contribution in [0.25, 0.3) is 0 Å². The highest BCUT2D eigenvalue weighted by Crippen LogP contribution is 2.12. The van der Waals surface area contributed by atoms with Crippen LogP contribution in [0.1, 0.15) is 125 Å². The Morgan fingerprint density at radius 1 is 0.544 bits per heavy atom. The number of aliphatic hydroxyl groups excluding tert-OH is 2. The van der Waals surface area contributed by atoms with Gasteiger partial charge in [0.1, 0.15) is 60.4 Å². The minimum absolute atomic E-state index is 0.00468. The maximum absolute atomic E-state index is 14.3. The Labute approximate surface area is 463 Å². The molecule has 1 heterocycles. The van der Waals surface area contributed by atoms with Crippen LogP contribution in [0.5, 0.6) is 0 Å². The van der Waals surface area contributed by atoms with Gasteiger partial charge in [-0.2, -0.15) is 0 Å². The Morgan fingerprint density at radius 2 is 1.00 bits per heavy atom. The highest BCUT2D eigenvalue weighted by Gasteiger charge is 2.37. The minimum Gasteiger partial charge on any atom is -0.394 e. The van der Waals surface area contributed by atoms with Crippen molar-refractivity contribution in [2.75, 3.05) is 45.9 Å². The topological polar surface area (TPSA) is 491 Å². The maximum atomic E-state index is 14.3. The van der Waals surface area contributed by atoms with E-state index in [2.05, 4.69) is 65.4 Å². The van der Waals surface area contributed by atoms with Crippen LogP contribution in [0.4, 0.5) is 0 Å². The SMILES string of the molecule is CCCCCCCC(=O)N[C@@H](CCN)C(=O)N[C@@H](CO)C(=O)N[C@@H](CCN)C(=O)N[C@H]1CCNC(=O)[C@H]([C@@H](C)O)NC(=O)[C@H](CCN)NC(=O)[C@H](CCN)NC(=O)[C@H](C(C)C)NC(=O)[C@@H](CC(C)C)NC(=O)[C@H](CCN)NC1=O. The lowest BCUT2D eigenvalue weighted by atomic mass is 9.99. The molecule has 1 rings (SSSR count). The third-order valence-corrected chi connectivity index (χ3v) is 12.8. The molecule has 0 aromatic rings. The molecule has 0 radical (unpaired) electrons. The van der Waals surface area contributed by atoms with Crippen molar-refractivity contribution in [2.24, 2.45) is 40.5 Å². The van der Waals surface area contributed by atoms with Crippen molar-refractivity contribution >= 4 is 65.0 Å². The summed E-state index contributed by atoms with van der Waals surface area (Å²) >= 11 is 0. The van der Waals surface area contributed by atoms with Gasteiger partial charge in [0.2, 0.25) is 65.0 Å². The summed E-state index contributed by atoms with van der Waals surface area (Å²) < 4.78 is 0. The van der Waals surface area contributed by atoms with Crippen LogP contribution in [-0.2, 0) is 52.7 Å². The van der Waals surface area contributed by atoms with Crippen molar-refractivity contribution in [1.82, 2.24) is 58.5 Å². The summed E-state index contributed by atoms with van der Waals surface area (Å²) in [6.45, 7) is 8.01. The fourth-order valence-electron chi connectivity index (χ4n) is 8.29. The predicted molar refractivity (Wildman–Crippen MR) is 292 cm³/mol. The average Bonchev–Trinajstić information content (AvgIpc) is 3.38. The Bertz CT molecular complexity index is 1980. The zero-order valence-corrected chi connectivity index (χ0v) is 46.9. The molecular formula is C50H94N16O13. The van der Waals surface area contributed by atoms with Crippen LogP contribution in [-0.4, -0.2) is 188 Å². The van der Waals surface area contributed by atoms with Gasteiger partial charge >= 0.3 is 0 Å². The first-order valence-electron chi connectivity index (χ1n) is 27.5. The van der Waals surface area contributed by atoms with Crippen molar-refractivity contribution in [3.8, 4) is 0 Å². The molecule has 452 valence electrons. The maximum Gasteiger partial charge on any atom is 0.245 e. The van der Waals surface area contributed by atoms with E-state index >= 15 is 0 Å². The van der Waals surface area contributed by atoms with Gasteiger partial charge in [0, 0.05) is 13.0 Å². The molecule has 0 saturated carbocycles. The van der Waals surface area contributed by atoms with Gasteiger partial charge in [0.25, 0.3) is 0 Å². The van der Waals surface area contributed by atoms with Crippen LogP contribution >= 0.6 is 0 Å². The van der Waals surface area contributed by atoms with Gasteiger partial charge in [0.15, 0.2) is 0 Å². The molecule has 29 nitrogen and oxygen atoms in total. The number of unbranched alkanes of at least 4 members (excludes halogenated alkanes) is 4. The number of nitrogens with two attached hydrogens (primary N) is 5. The summed E-state index contributed by atoms with van der Waals surface area (Å²) in [5, 5.41) is 48.7. The van der Waals surface area contributed by atoms with Gasteiger partial charge in [-0.05, 0) is 103 Å². The van der Waals surface area contributed by atoms with Crippen LogP contribution in [0.3, 0.4) is 0 Å². The number of carbonyl (C=O) groups excluding carboxylic acids is 11. The zero-order chi connectivity index (χ0) is 59.8. The summed E-state index contributed by atoms with van der Waals surface area (Å²) in [6, 6.07) is -14.4. The standard InChI is InChI=1S/C50H94N16O13/c1-7-8-9-10-11-12-38(69)57-30(13-19-51)41(70)64-37(26-67)48(77)60-31(14-20-52)42(71)61-35-18-24-56-49(78)40(29(6)68)66-46(75)34(17-23-55)59-43(72)33(16-22-54)62-50(79)39(28(4)5)65-47(76)36(25-27(2)3)63-44(73)32(15-21-53)58-45(35)74/h27-37,39-40,67-68H,7-26,51-55H2,1-6H3,(H,56,78)(H,57,69)(H,58,74)(H,59,72)(H,60,77)(H,61,71)(H,62,79)(H,63,73)(H,64,70)(H,65,76)(H,66,75)/t29-,30+,31+,32+,33+,34+,35+,36-,37+,39+,40+/m1/s1. The summed E-state index contributed by atoms with van der Waals surface area (Å²) in [6.07, 6.45) is 1.84. The first-order valence-corrected chi connectivity index (χ1v) is 27.5. The van der Waals surface area contributed by atoms with Crippen LogP contribution in [0.2, 0.25) is 0 Å². The Kier molecular flexibility index (Phi) is 34.5. The molecule has 79 heavy (non-hydrogen) atoms. The van der Waals surface area contributed by atoms with E-state index in [1.54, 1.807) is 27.7 Å². The molecule has 0 aromatic heterocycles. The number of hydrogen-bond donors (Lipinski definition) is 18. The molecule has 0 aromatic carbocycles. The minimum atomic E-state index is -1.68. The van der Waals surface area contributed by atoms with Gasteiger partial charge in [-0.3, -0.25) is 52.7 Å². The Morgan fingerprint density at radius 3 is 1.49 bits per heavy atom. The fraction of sp³-hybridized carbons (Fsp3) is 0.780. The number of amides is 11. The highest BCUT2D eigenvalue weighted by atomic mass is 16.3. The van der Waals surface area contributed by atoms with E-state index in [9.17, 15) is 63.0 Å². The van der Waals surface area contributed by atoms with E-state index in [-0.39, 0.29) is 83.6 Å². The van der Waals surface area contributed by atoms with E-state index in [0.717, 1.165) is 25.7 Å². The average molecular weight is 1130 g/mol. The lowest BCUT2D eigenvalue weighted by Crippen LogP contribution is -2.61. The fourth-order valence-corrected chi connectivity index (χ4v) is 8.29. The van der Waals surface area contributed by atoms with Crippen LogP contribution in [0.15, 0.2) is 0 Å². The quantitative estimate of drug-likeness (QED) is 0.0324. The van der Waals surface area contributed by atoms with Crippen molar-refractivity contribution in [2.45, 2.75) is 192 Å². The molecule has 23 N–H and O–H groups in total. The second-order valence-electron chi connectivity index (χ2n) is 20.4. The molecule has 29 heteroatoms. The molecule has 1 aliphatic heterocycles. The molecule has 0 aliphatic carbocycles. The van der Waals surface area contributed by atoms with Gasteiger partial charge < -0.3 is 97.4 Å². The second-order valence-corrected chi connectivity index (χ2v) is 20.4. The lowest BCUT2D eigenvalue weighted by molar-refractivity contribution is -0.136. The molecular weight excluding hydrogens is 1030 g/mol. The van der Waals surface area contributed by atoms with Gasteiger partial charge in [-0.15, -0.1) is 0 Å². The van der Waals surface area contributed by atoms with Gasteiger partial charge in [-0.1, -0.05) is 60.3 Å². The number of carbonyl (C=O) groups is 11. The first-order chi connectivity index (χ1) is 37.4. The van der Waals surface area contributed by atoms with E-state index in [4.69, 9.17) is 28.7 Å².